The molecule has 0 fully saturated rings. The average Bonchev–Trinajstić information content (AvgIpc) is 3.14. The third-order valence-electron chi connectivity index (χ3n) is 3.93. The van der Waals surface area contributed by atoms with Gasteiger partial charge >= 0.3 is 0 Å². The van der Waals surface area contributed by atoms with Crippen LogP contribution in [0.2, 0.25) is 0 Å². The van der Waals surface area contributed by atoms with Crippen molar-refractivity contribution in [2.24, 2.45) is 0 Å². The Balaban J connectivity index is 1.78. The zero-order valence-corrected chi connectivity index (χ0v) is 15.0. The highest BCUT2D eigenvalue weighted by atomic mass is 16.2. The van der Waals surface area contributed by atoms with E-state index in [0.717, 1.165) is 11.3 Å². The minimum atomic E-state index is -0.169. The van der Waals surface area contributed by atoms with Gasteiger partial charge in [-0.1, -0.05) is 0 Å². The van der Waals surface area contributed by atoms with Gasteiger partial charge in [0.2, 0.25) is 0 Å². The molecule has 0 radical (unpaired) electrons. The van der Waals surface area contributed by atoms with Gasteiger partial charge in [-0.05, 0) is 57.5 Å². The molecule has 0 aliphatic carbocycles. The Morgan fingerprint density at radius 3 is 2.56 bits per heavy atom. The number of nitrogens with one attached hydrogen (secondary N) is 1. The van der Waals surface area contributed by atoms with Crippen molar-refractivity contribution in [3.63, 3.8) is 0 Å². The second-order valence-corrected chi connectivity index (χ2v) is 7.08. The summed E-state index contributed by atoms with van der Waals surface area (Å²) in [5.41, 5.74) is 2.57. The van der Waals surface area contributed by atoms with Crippen molar-refractivity contribution >= 4 is 11.7 Å². The monoisotopic (exact) mass is 337 g/mol. The molecule has 6 heteroatoms. The van der Waals surface area contributed by atoms with Crippen LogP contribution in [0.15, 0.2) is 48.9 Å². The van der Waals surface area contributed by atoms with Crippen molar-refractivity contribution < 1.29 is 4.79 Å². The molecule has 130 valence electrons. The van der Waals surface area contributed by atoms with Gasteiger partial charge in [0.05, 0.1) is 5.54 Å². The topological polar surface area (TPSA) is 64.7 Å². The van der Waals surface area contributed by atoms with Crippen LogP contribution >= 0.6 is 0 Å². The highest BCUT2D eigenvalue weighted by Gasteiger charge is 2.19. The van der Waals surface area contributed by atoms with E-state index in [-0.39, 0.29) is 11.4 Å². The average molecular weight is 337 g/mol. The van der Waals surface area contributed by atoms with E-state index >= 15 is 0 Å². The first-order valence-corrected chi connectivity index (χ1v) is 8.27. The van der Waals surface area contributed by atoms with Gasteiger partial charge in [0.15, 0.2) is 5.82 Å². The van der Waals surface area contributed by atoms with Crippen LogP contribution in [0, 0.1) is 6.92 Å². The van der Waals surface area contributed by atoms with E-state index in [2.05, 4.69) is 36.2 Å². The van der Waals surface area contributed by atoms with Crippen LogP contribution in [0.5, 0.6) is 0 Å². The third-order valence-corrected chi connectivity index (χ3v) is 3.93. The first-order chi connectivity index (χ1) is 11.8. The number of hydrogen-bond donors (Lipinski definition) is 1. The maximum atomic E-state index is 12.7. The maximum Gasteiger partial charge on any atom is 0.273 e. The number of hydrogen-bond acceptors (Lipinski definition) is 3. The smallest absolute Gasteiger partial charge is 0.273 e. The summed E-state index contributed by atoms with van der Waals surface area (Å²) >= 11 is 0. The molecule has 1 amide bonds. The molecule has 0 bridgehead atoms. The van der Waals surface area contributed by atoms with Crippen LogP contribution in [0.1, 0.15) is 42.5 Å². The highest BCUT2D eigenvalue weighted by Crippen LogP contribution is 2.19. The van der Waals surface area contributed by atoms with E-state index in [1.807, 2.05) is 52.7 Å². The second kappa shape index (κ2) is 6.55. The largest absolute Gasteiger partial charge is 0.339 e. The number of nitrogens with zero attached hydrogens (tertiary/aromatic N) is 4. The molecular formula is C19H23N5O. The van der Waals surface area contributed by atoms with Gasteiger partial charge in [-0.25, -0.2) is 0 Å². The molecule has 25 heavy (non-hydrogen) atoms. The van der Waals surface area contributed by atoms with E-state index in [9.17, 15) is 4.79 Å². The fourth-order valence-electron chi connectivity index (χ4n) is 2.84. The van der Waals surface area contributed by atoms with Crippen molar-refractivity contribution in [3.05, 3.63) is 65.9 Å². The quantitative estimate of drug-likeness (QED) is 0.793. The van der Waals surface area contributed by atoms with E-state index < -0.39 is 0 Å². The molecular weight excluding hydrogens is 314 g/mol. The minimum absolute atomic E-state index is 0.130. The number of aryl methyl sites for hydroxylation is 1. The van der Waals surface area contributed by atoms with Gasteiger partial charge in [0.25, 0.3) is 5.91 Å². The van der Waals surface area contributed by atoms with Gasteiger partial charge in [0, 0.05) is 36.9 Å². The Hall–Kier alpha value is -2.89. The molecule has 0 saturated heterocycles. The lowest BCUT2D eigenvalue weighted by molar-refractivity contribution is 0.101. The van der Waals surface area contributed by atoms with Gasteiger partial charge in [-0.15, -0.1) is 0 Å². The summed E-state index contributed by atoms with van der Waals surface area (Å²) < 4.78 is 3.83. The molecule has 0 unspecified atom stereocenters. The molecule has 6 nitrogen and oxygen atoms in total. The summed E-state index contributed by atoms with van der Waals surface area (Å²) in [5, 5.41) is 7.41. The molecule has 0 aromatic carbocycles. The van der Waals surface area contributed by atoms with E-state index in [4.69, 9.17) is 0 Å². The molecule has 0 saturated carbocycles. The third kappa shape index (κ3) is 3.79. The summed E-state index contributed by atoms with van der Waals surface area (Å²) in [5.74, 6) is 0.395. The number of carbonyl (C=O) groups is 1. The van der Waals surface area contributed by atoms with Crippen molar-refractivity contribution in [2.75, 3.05) is 5.32 Å². The minimum Gasteiger partial charge on any atom is -0.339 e. The Bertz CT molecular complexity index is 871. The number of aromatic nitrogens is 4. The molecule has 0 aliphatic rings. The molecule has 3 aromatic rings. The SMILES string of the molecule is Cc1cc(NC(=O)c2cccn2Cc2ccncc2)nn1C(C)(C)C. The zero-order chi connectivity index (χ0) is 18.0. The first kappa shape index (κ1) is 17.0. The van der Waals surface area contributed by atoms with E-state index in [1.54, 1.807) is 12.4 Å². The molecule has 3 rings (SSSR count). The Morgan fingerprint density at radius 1 is 1.20 bits per heavy atom. The number of amides is 1. The predicted octanol–water partition coefficient (Wildman–Crippen LogP) is 3.44. The van der Waals surface area contributed by atoms with Gasteiger partial charge in [0.1, 0.15) is 5.69 Å². The molecule has 0 spiro atoms. The summed E-state index contributed by atoms with van der Waals surface area (Å²) in [6.45, 7) is 8.85. The molecule has 3 aromatic heterocycles. The highest BCUT2D eigenvalue weighted by molar-refractivity contribution is 6.02. The van der Waals surface area contributed by atoms with Crippen molar-refractivity contribution in [3.8, 4) is 0 Å². The van der Waals surface area contributed by atoms with Crippen LogP contribution in [0.4, 0.5) is 5.82 Å². The first-order valence-electron chi connectivity index (χ1n) is 8.27. The summed E-state index contributed by atoms with van der Waals surface area (Å²) in [6, 6.07) is 9.45. The predicted molar refractivity (Wildman–Crippen MR) is 97.7 cm³/mol. The van der Waals surface area contributed by atoms with E-state index in [1.165, 1.54) is 0 Å². The maximum absolute atomic E-state index is 12.7. The van der Waals surface area contributed by atoms with Crippen molar-refractivity contribution in [1.29, 1.82) is 0 Å². The molecule has 3 heterocycles. The van der Waals surface area contributed by atoms with Crippen LogP contribution in [-0.4, -0.2) is 25.2 Å². The number of carbonyl (C=O) groups excluding carboxylic acids is 1. The lowest BCUT2D eigenvalue weighted by Gasteiger charge is -2.21. The fraction of sp³-hybridized carbons (Fsp3) is 0.316. The normalized spacial score (nSPS) is 11.5. The zero-order valence-electron chi connectivity index (χ0n) is 15.0. The standard InChI is InChI=1S/C19H23N5O/c1-14-12-17(22-24(14)19(2,3)4)21-18(25)16-6-5-11-23(16)13-15-7-9-20-10-8-15/h5-12H,13H2,1-4H3,(H,21,22,25). The van der Waals surface area contributed by atoms with Gasteiger partial charge in [-0.2, -0.15) is 5.10 Å². The Morgan fingerprint density at radius 2 is 1.92 bits per heavy atom. The molecule has 0 atom stereocenters. The van der Waals surface area contributed by atoms with Gasteiger partial charge < -0.3 is 9.88 Å². The number of rotatable bonds is 4. The van der Waals surface area contributed by atoms with Crippen LogP contribution in [0.25, 0.3) is 0 Å². The lowest BCUT2D eigenvalue weighted by Crippen LogP contribution is -2.24. The van der Waals surface area contributed by atoms with Gasteiger partial charge in [-0.3, -0.25) is 14.5 Å². The van der Waals surface area contributed by atoms with Crippen LogP contribution in [-0.2, 0) is 12.1 Å². The summed E-state index contributed by atoms with van der Waals surface area (Å²) in [4.78, 5) is 16.7. The summed E-state index contributed by atoms with van der Waals surface area (Å²) in [6.07, 6.45) is 5.40. The Kier molecular flexibility index (Phi) is 4.44. The second-order valence-electron chi connectivity index (χ2n) is 7.08. The molecule has 0 aliphatic heterocycles. The number of pyridine rings is 1. The summed E-state index contributed by atoms with van der Waals surface area (Å²) in [7, 11) is 0. The molecule has 1 N–H and O–H groups in total. The lowest BCUT2D eigenvalue weighted by atomic mass is 10.1. The van der Waals surface area contributed by atoms with E-state index in [0.29, 0.717) is 18.1 Å². The fourth-order valence-corrected chi connectivity index (χ4v) is 2.84. The van der Waals surface area contributed by atoms with Crippen LogP contribution < -0.4 is 5.32 Å². The Labute approximate surface area is 147 Å². The van der Waals surface area contributed by atoms with Crippen molar-refractivity contribution in [2.45, 2.75) is 39.8 Å². The van der Waals surface area contributed by atoms with Crippen molar-refractivity contribution in [1.82, 2.24) is 19.3 Å². The number of anilines is 1. The van der Waals surface area contributed by atoms with Crippen LogP contribution in [0.3, 0.4) is 0 Å².